The smallest absolute Gasteiger partial charge is 0.146 e. The molecule has 0 spiro atoms. The van der Waals surface area contributed by atoms with E-state index in [9.17, 15) is 4.39 Å². The van der Waals surface area contributed by atoms with Crippen LogP contribution in [0.15, 0.2) is 72.8 Å². The van der Waals surface area contributed by atoms with Crippen molar-refractivity contribution in [1.82, 2.24) is 0 Å². The van der Waals surface area contributed by atoms with Crippen molar-refractivity contribution in [3.05, 3.63) is 89.2 Å². The van der Waals surface area contributed by atoms with Crippen LogP contribution in [0.2, 0.25) is 5.02 Å². The molecule has 1 heterocycles. The van der Waals surface area contributed by atoms with Crippen LogP contribution in [-0.4, -0.2) is 26.2 Å². The van der Waals surface area contributed by atoms with Gasteiger partial charge in [0.2, 0.25) is 0 Å². The number of para-hydroxylation sites is 1. The Labute approximate surface area is 175 Å². The lowest BCUT2D eigenvalue weighted by Crippen LogP contribution is -3.13. The van der Waals surface area contributed by atoms with Crippen LogP contribution in [0.25, 0.3) is 21.5 Å². The van der Waals surface area contributed by atoms with Crippen LogP contribution in [-0.2, 0) is 6.54 Å². The second kappa shape index (κ2) is 7.66. The molecule has 0 unspecified atom stereocenters. The van der Waals surface area contributed by atoms with E-state index in [1.54, 1.807) is 12.1 Å². The van der Waals surface area contributed by atoms with Gasteiger partial charge in [0.15, 0.2) is 0 Å². The fourth-order valence-corrected chi connectivity index (χ4v) is 4.88. The van der Waals surface area contributed by atoms with Crippen LogP contribution >= 0.6 is 11.6 Å². The van der Waals surface area contributed by atoms with Gasteiger partial charge in [-0.25, -0.2) is 4.39 Å². The molecular weight excluding hydrogens is 383 g/mol. The minimum Gasteiger partial charge on any atom is -0.358 e. The first-order valence-electron chi connectivity index (χ1n) is 10.1. The Morgan fingerprint density at radius 1 is 0.759 bits per heavy atom. The lowest BCUT2D eigenvalue weighted by Gasteiger charge is -2.34. The lowest BCUT2D eigenvalue weighted by molar-refractivity contribution is -0.914. The van der Waals surface area contributed by atoms with Gasteiger partial charge >= 0.3 is 0 Å². The molecule has 4 aromatic rings. The van der Waals surface area contributed by atoms with Gasteiger partial charge in [0.25, 0.3) is 0 Å². The number of hydrogen-bond donors (Lipinski definition) is 1. The molecule has 1 aliphatic heterocycles. The Bertz CT molecular complexity index is 1120. The van der Waals surface area contributed by atoms with Gasteiger partial charge in [-0.2, -0.15) is 0 Å². The number of anilines is 1. The standard InChI is InChI=1S/C25H22ClFN2/c26-25-20-9-3-1-7-18(20)22(19-8-2-4-10-21(19)25)17-28-13-15-29(16-14-28)24-12-6-5-11-23(24)27/h1-12H,13-17H2/p+1. The van der Waals surface area contributed by atoms with Crippen molar-refractivity contribution < 1.29 is 9.29 Å². The number of hydrogen-bond acceptors (Lipinski definition) is 1. The highest BCUT2D eigenvalue weighted by atomic mass is 35.5. The molecule has 0 atom stereocenters. The Kier molecular flexibility index (Phi) is 4.86. The third-order valence-corrected chi connectivity index (χ3v) is 6.47. The molecule has 1 N–H and O–H groups in total. The quantitative estimate of drug-likeness (QED) is 0.486. The summed E-state index contributed by atoms with van der Waals surface area (Å²) in [5, 5.41) is 5.54. The number of rotatable bonds is 3. The summed E-state index contributed by atoms with van der Waals surface area (Å²) >= 11 is 6.74. The summed E-state index contributed by atoms with van der Waals surface area (Å²) in [4.78, 5) is 3.69. The molecule has 4 heteroatoms. The molecule has 1 fully saturated rings. The Hall–Kier alpha value is -2.62. The highest BCUT2D eigenvalue weighted by molar-refractivity contribution is 6.41. The van der Waals surface area contributed by atoms with Gasteiger partial charge < -0.3 is 9.80 Å². The SMILES string of the molecule is Fc1ccccc1N1CC[NH+](Cc2c3ccccc3c(Cl)c3ccccc23)CC1. The zero-order valence-corrected chi connectivity index (χ0v) is 16.9. The van der Waals surface area contributed by atoms with Gasteiger partial charge in [-0.3, -0.25) is 0 Å². The van der Waals surface area contributed by atoms with Crippen LogP contribution in [0.4, 0.5) is 10.1 Å². The first kappa shape index (κ1) is 18.4. The third-order valence-electron chi connectivity index (χ3n) is 6.07. The van der Waals surface area contributed by atoms with Gasteiger partial charge in [0.1, 0.15) is 12.4 Å². The second-order valence-electron chi connectivity index (χ2n) is 7.75. The Morgan fingerprint density at radius 3 is 1.86 bits per heavy atom. The summed E-state index contributed by atoms with van der Waals surface area (Å²) in [7, 11) is 0. The van der Waals surface area contributed by atoms with E-state index in [4.69, 9.17) is 11.6 Å². The van der Waals surface area contributed by atoms with Crippen molar-refractivity contribution in [2.45, 2.75) is 6.54 Å². The molecule has 0 radical (unpaired) electrons. The molecule has 1 saturated heterocycles. The van der Waals surface area contributed by atoms with Gasteiger partial charge in [0.05, 0.1) is 36.9 Å². The molecule has 0 bridgehead atoms. The molecule has 29 heavy (non-hydrogen) atoms. The number of quaternary nitrogens is 1. The molecule has 1 aliphatic rings. The van der Waals surface area contributed by atoms with Crippen LogP contribution in [0.1, 0.15) is 5.56 Å². The molecule has 0 amide bonds. The monoisotopic (exact) mass is 405 g/mol. The number of nitrogens with one attached hydrogen (secondary N) is 1. The lowest BCUT2D eigenvalue weighted by atomic mass is 9.96. The number of halogens is 2. The van der Waals surface area contributed by atoms with E-state index in [1.165, 1.54) is 21.2 Å². The summed E-state index contributed by atoms with van der Waals surface area (Å²) in [6.07, 6.45) is 0. The van der Waals surface area contributed by atoms with Crippen LogP contribution in [0.3, 0.4) is 0 Å². The van der Waals surface area contributed by atoms with Crippen molar-refractivity contribution in [3.63, 3.8) is 0 Å². The fraction of sp³-hybridized carbons (Fsp3) is 0.200. The Balaban J connectivity index is 1.45. The minimum atomic E-state index is -0.134. The maximum Gasteiger partial charge on any atom is 0.146 e. The van der Waals surface area contributed by atoms with Crippen molar-refractivity contribution in [1.29, 1.82) is 0 Å². The highest BCUT2D eigenvalue weighted by Gasteiger charge is 2.24. The van der Waals surface area contributed by atoms with Gasteiger partial charge in [-0.05, 0) is 22.9 Å². The summed E-state index contributed by atoms with van der Waals surface area (Å²) < 4.78 is 14.1. The number of fused-ring (bicyclic) bond motifs is 2. The first-order valence-corrected chi connectivity index (χ1v) is 10.5. The van der Waals surface area contributed by atoms with E-state index in [2.05, 4.69) is 41.3 Å². The minimum absolute atomic E-state index is 0.134. The molecule has 4 aromatic carbocycles. The van der Waals surface area contributed by atoms with E-state index in [0.29, 0.717) is 5.69 Å². The highest BCUT2D eigenvalue weighted by Crippen LogP contribution is 2.35. The largest absolute Gasteiger partial charge is 0.358 e. The predicted octanol–water partition coefficient (Wildman–Crippen LogP) is 4.69. The molecule has 0 aliphatic carbocycles. The van der Waals surface area contributed by atoms with E-state index < -0.39 is 0 Å². The average molecular weight is 406 g/mol. The predicted molar refractivity (Wildman–Crippen MR) is 119 cm³/mol. The van der Waals surface area contributed by atoms with Crippen molar-refractivity contribution in [3.8, 4) is 0 Å². The van der Waals surface area contributed by atoms with Crippen molar-refractivity contribution in [2.75, 3.05) is 31.1 Å². The van der Waals surface area contributed by atoms with E-state index in [1.807, 2.05) is 24.3 Å². The summed E-state index contributed by atoms with van der Waals surface area (Å²) in [6.45, 7) is 4.64. The van der Waals surface area contributed by atoms with Gasteiger partial charge in [-0.15, -0.1) is 0 Å². The summed E-state index contributed by atoms with van der Waals surface area (Å²) in [5.74, 6) is -0.134. The molecule has 5 rings (SSSR count). The average Bonchev–Trinajstić information content (AvgIpc) is 2.77. The van der Waals surface area contributed by atoms with E-state index >= 15 is 0 Å². The topological polar surface area (TPSA) is 7.68 Å². The number of benzene rings is 4. The fourth-order valence-electron chi connectivity index (χ4n) is 4.55. The number of nitrogens with zero attached hydrogens (tertiary/aromatic N) is 1. The van der Waals surface area contributed by atoms with Crippen LogP contribution in [0.5, 0.6) is 0 Å². The molecule has 0 saturated carbocycles. The molecule has 146 valence electrons. The summed E-state index contributed by atoms with van der Waals surface area (Å²) in [6, 6.07) is 23.9. The second-order valence-corrected chi connectivity index (χ2v) is 8.13. The van der Waals surface area contributed by atoms with E-state index in [0.717, 1.165) is 48.5 Å². The van der Waals surface area contributed by atoms with Crippen LogP contribution in [0, 0.1) is 5.82 Å². The Morgan fingerprint density at radius 2 is 1.28 bits per heavy atom. The first-order chi connectivity index (χ1) is 14.2. The molecular formula is C25H23ClFN2+. The normalized spacial score (nSPS) is 15.3. The molecule has 2 nitrogen and oxygen atoms in total. The zero-order valence-electron chi connectivity index (χ0n) is 16.2. The summed E-state index contributed by atoms with van der Waals surface area (Å²) in [5.41, 5.74) is 2.07. The maximum atomic E-state index is 14.1. The van der Waals surface area contributed by atoms with Crippen molar-refractivity contribution in [2.24, 2.45) is 0 Å². The maximum absolute atomic E-state index is 14.1. The van der Waals surface area contributed by atoms with Gasteiger partial charge in [0, 0.05) is 16.3 Å². The zero-order chi connectivity index (χ0) is 19.8. The third kappa shape index (κ3) is 3.35. The van der Waals surface area contributed by atoms with Crippen LogP contribution < -0.4 is 9.80 Å². The van der Waals surface area contributed by atoms with Crippen molar-refractivity contribution >= 4 is 38.8 Å². The van der Waals surface area contributed by atoms with E-state index in [-0.39, 0.29) is 5.82 Å². The van der Waals surface area contributed by atoms with Gasteiger partial charge in [-0.1, -0.05) is 72.3 Å². The molecule has 0 aromatic heterocycles. The number of piperazine rings is 1.